The number of carbonyl (C=O) groups excluding carboxylic acids is 1. The molecule has 7 nitrogen and oxygen atoms in total. The highest BCUT2D eigenvalue weighted by atomic mass is 16.6. The van der Waals surface area contributed by atoms with Crippen molar-refractivity contribution in [3.8, 4) is 18.0 Å². The lowest BCUT2D eigenvalue weighted by Gasteiger charge is -2.32. The third kappa shape index (κ3) is 3.75. The van der Waals surface area contributed by atoms with E-state index < -0.39 is 4.92 Å². The molecule has 1 heterocycles. The second kappa shape index (κ2) is 7.83. The lowest BCUT2D eigenvalue weighted by Crippen LogP contribution is -2.41. The summed E-state index contributed by atoms with van der Waals surface area (Å²) >= 11 is 0. The lowest BCUT2D eigenvalue weighted by atomic mass is 9.94. The molecule has 3 rings (SSSR count). The maximum atomic E-state index is 12.9. The molecule has 0 atom stereocenters. The smallest absolute Gasteiger partial charge is 0.269 e. The number of benzene rings is 1. The second-order valence-electron chi connectivity index (χ2n) is 6.38. The predicted octanol–water partition coefficient (Wildman–Crippen LogP) is 3.19. The molecule has 1 aromatic carbocycles. The van der Waals surface area contributed by atoms with E-state index in [0.717, 1.165) is 25.7 Å². The minimum atomic E-state index is -0.455. The number of nitro groups is 1. The Hall–Kier alpha value is -3.14. The van der Waals surface area contributed by atoms with E-state index in [4.69, 9.17) is 6.42 Å². The van der Waals surface area contributed by atoms with Crippen LogP contribution in [-0.4, -0.2) is 38.1 Å². The zero-order chi connectivity index (χ0) is 18.5. The van der Waals surface area contributed by atoms with Gasteiger partial charge in [0.25, 0.3) is 11.6 Å². The zero-order valence-corrected chi connectivity index (χ0v) is 14.4. The van der Waals surface area contributed by atoms with Crippen LogP contribution in [-0.2, 0) is 0 Å². The fraction of sp³-hybridized carbons (Fsp3) is 0.368. The van der Waals surface area contributed by atoms with Gasteiger partial charge in [-0.15, -0.1) is 6.42 Å². The van der Waals surface area contributed by atoms with Gasteiger partial charge in [0, 0.05) is 24.4 Å². The second-order valence-corrected chi connectivity index (χ2v) is 6.38. The highest BCUT2D eigenvalue weighted by Gasteiger charge is 2.26. The van der Waals surface area contributed by atoms with Gasteiger partial charge in [-0.25, -0.2) is 4.68 Å². The number of hydrogen-bond donors (Lipinski definition) is 0. The van der Waals surface area contributed by atoms with Crippen molar-refractivity contribution < 1.29 is 9.72 Å². The van der Waals surface area contributed by atoms with Crippen molar-refractivity contribution in [2.24, 2.45) is 0 Å². The third-order valence-electron chi connectivity index (χ3n) is 4.69. The van der Waals surface area contributed by atoms with E-state index in [9.17, 15) is 14.9 Å². The minimum absolute atomic E-state index is 0.00898. The Labute approximate surface area is 151 Å². The molecule has 1 fully saturated rings. The summed E-state index contributed by atoms with van der Waals surface area (Å²) in [6.07, 6.45) is 14.0. The molecule has 0 aliphatic heterocycles. The van der Waals surface area contributed by atoms with Gasteiger partial charge in [0.15, 0.2) is 0 Å². The minimum Gasteiger partial charge on any atom is -0.324 e. The van der Waals surface area contributed by atoms with Crippen LogP contribution in [0.15, 0.2) is 36.7 Å². The molecule has 2 aromatic rings. The summed E-state index contributed by atoms with van der Waals surface area (Å²) in [7, 11) is 0. The van der Waals surface area contributed by atoms with Crippen LogP contribution in [0.1, 0.15) is 42.5 Å². The summed E-state index contributed by atoms with van der Waals surface area (Å²) in [5, 5.41) is 15.0. The van der Waals surface area contributed by atoms with Gasteiger partial charge in [0.05, 0.1) is 28.9 Å². The fourth-order valence-corrected chi connectivity index (χ4v) is 3.33. The van der Waals surface area contributed by atoms with Gasteiger partial charge in [-0.3, -0.25) is 14.9 Å². The van der Waals surface area contributed by atoms with Crippen LogP contribution >= 0.6 is 0 Å². The molecule has 1 saturated carbocycles. The standard InChI is InChI=1S/C19H20N4O3/c1-2-12-21(16-6-4-3-5-7-16)19(24)15-13-20-22(14-15)17-8-10-18(11-9-17)23(25)26/h1,8-11,13-14,16H,3-7,12H2. The molecule has 0 unspecified atom stereocenters. The van der Waals surface area contributed by atoms with E-state index >= 15 is 0 Å². The molecule has 0 spiro atoms. The number of non-ortho nitro benzene ring substituents is 1. The van der Waals surface area contributed by atoms with E-state index in [1.807, 2.05) is 0 Å². The highest BCUT2D eigenvalue weighted by molar-refractivity contribution is 5.94. The van der Waals surface area contributed by atoms with Crippen molar-refractivity contribution in [3.05, 3.63) is 52.3 Å². The number of terminal acetylenes is 1. The predicted molar refractivity (Wildman–Crippen MR) is 97.0 cm³/mol. The van der Waals surface area contributed by atoms with Gasteiger partial charge in [0.1, 0.15) is 0 Å². The summed E-state index contributed by atoms with van der Waals surface area (Å²) in [6.45, 7) is 0.284. The summed E-state index contributed by atoms with van der Waals surface area (Å²) < 4.78 is 1.53. The van der Waals surface area contributed by atoms with Crippen molar-refractivity contribution >= 4 is 11.6 Å². The maximum Gasteiger partial charge on any atom is 0.269 e. The number of carbonyl (C=O) groups is 1. The summed E-state index contributed by atoms with van der Waals surface area (Å²) in [5.41, 5.74) is 1.12. The number of aromatic nitrogens is 2. The molecule has 1 aliphatic carbocycles. The van der Waals surface area contributed by atoms with Crippen LogP contribution in [0.2, 0.25) is 0 Å². The van der Waals surface area contributed by atoms with Crippen LogP contribution < -0.4 is 0 Å². The van der Waals surface area contributed by atoms with E-state index in [-0.39, 0.29) is 24.2 Å². The van der Waals surface area contributed by atoms with Gasteiger partial charge >= 0.3 is 0 Å². The van der Waals surface area contributed by atoms with Crippen molar-refractivity contribution in [2.45, 2.75) is 38.1 Å². The van der Waals surface area contributed by atoms with E-state index in [1.165, 1.54) is 29.4 Å². The number of amides is 1. The molecular formula is C19H20N4O3. The Morgan fingerprint density at radius 3 is 2.62 bits per heavy atom. The molecule has 0 bridgehead atoms. The van der Waals surface area contributed by atoms with Crippen molar-refractivity contribution in [1.29, 1.82) is 0 Å². The molecule has 1 aliphatic rings. The van der Waals surface area contributed by atoms with Gasteiger partial charge in [-0.05, 0) is 25.0 Å². The monoisotopic (exact) mass is 352 g/mol. The van der Waals surface area contributed by atoms with Crippen molar-refractivity contribution in [1.82, 2.24) is 14.7 Å². The first-order valence-corrected chi connectivity index (χ1v) is 8.64. The third-order valence-corrected chi connectivity index (χ3v) is 4.69. The highest BCUT2D eigenvalue weighted by Crippen LogP contribution is 2.24. The van der Waals surface area contributed by atoms with Crippen LogP contribution in [0.3, 0.4) is 0 Å². The van der Waals surface area contributed by atoms with E-state index in [0.29, 0.717) is 11.3 Å². The van der Waals surface area contributed by atoms with Gasteiger partial charge in [-0.1, -0.05) is 25.2 Å². The van der Waals surface area contributed by atoms with Crippen molar-refractivity contribution in [2.75, 3.05) is 6.54 Å². The summed E-state index contributed by atoms with van der Waals surface area (Å²) in [4.78, 5) is 25.0. The van der Waals surface area contributed by atoms with Crippen LogP contribution in [0, 0.1) is 22.5 Å². The van der Waals surface area contributed by atoms with Gasteiger partial charge in [-0.2, -0.15) is 5.10 Å². The van der Waals surface area contributed by atoms with Crippen LogP contribution in [0.25, 0.3) is 5.69 Å². The summed E-state index contributed by atoms with van der Waals surface area (Å²) in [6, 6.07) is 6.19. The van der Waals surface area contributed by atoms with Crippen molar-refractivity contribution in [3.63, 3.8) is 0 Å². The maximum absolute atomic E-state index is 12.9. The Morgan fingerprint density at radius 1 is 1.31 bits per heavy atom. The molecular weight excluding hydrogens is 332 g/mol. The average Bonchev–Trinajstić information content (AvgIpc) is 3.16. The Balaban J connectivity index is 1.79. The molecule has 134 valence electrons. The molecule has 26 heavy (non-hydrogen) atoms. The quantitative estimate of drug-likeness (QED) is 0.470. The van der Waals surface area contributed by atoms with Gasteiger partial charge in [0.2, 0.25) is 0 Å². The average molecular weight is 352 g/mol. The van der Waals surface area contributed by atoms with Crippen LogP contribution in [0.4, 0.5) is 5.69 Å². The SMILES string of the molecule is C#CCN(C(=O)c1cnn(-c2ccc([N+](=O)[O-])cc2)c1)C1CCCCC1. The fourth-order valence-electron chi connectivity index (χ4n) is 3.33. The number of nitrogens with zero attached hydrogens (tertiary/aromatic N) is 4. The first kappa shape index (κ1) is 17.7. The number of nitro benzene ring substituents is 1. The molecule has 7 heteroatoms. The van der Waals surface area contributed by atoms with Crippen LogP contribution in [0.5, 0.6) is 0 Å². The van der Waals surface area contributed by atoms with Gasteiger partial charge < -0.3 is 4.90 Å². The molecule has 1 aromatic heterocycles. The Bertz CT molecular complexity index is 829. The van der Waals surface area contributed by atoms with E-state index in [1.54, 1.807) is 23.2 Å². The summed E-state index contributed by atoms with van der Waals surface area (Å²) in [5.74, 6) is 2.46. The molecule has 0 N–H and O–H groups in total. The molecule has 0 radical (unpaired) electrons. The Morgan fingerprint density at radius 2 is 2.00 bits per heavy atom. The lowest BCUT2D eigenvalue weighted by molar-refractivity contribution is -0.384. The molecule has 1 amide bonds. The first-order chi connectivity index (χ1) is 12.6. The zero-order valence-electron chi connectivity index (χ0n) is 14.4. The molecule has 0 saturated heterocycles. The number of rotatable bonds is 5. The largest absolute Gasteiger partial charge is 0.324 e. The normalized spacial score (nSPS) is 14.6. The number of hydrogen-bond acceptors (Lipinski definition) is 4. The first-order valence-electron chi connectivity index (χ1n) is 8.64. The Kier molecular flexibility index (Phi) is 5.32. The topological polar surface area (TPSA) is 81.3 Å². The van der Waals surface area contributed by atoms with E-state index in [2.05, 4.69) is 11.0 Å².